The maximum atomic E-state index is 10.3. The van der Waals surface area contributed by atoms with Gasteiger partial charge in [0, 0.05) is 0 Å². The van der Waals surface area contributed by atoms with Crippen LogP contribution < -0.4 is 10.2 Å². The van der Waals surface area contributed by atoms with Gasteiger partial charge in [-0.15, -0.1) is 13.2 Å². The molecule has 0 bridgehead atoms. The second-order valence-electron chi connectivity index (χ2n) is 16.8. The van der Waals surface area contributed by atoms with E-state index in [0.717, 1.165) is 25.7 Å². The third kappa shape index (κ3) is 83.3. The molecule has 3 heteroatoms. The van der Waals surface area contributed by atoms with Crippen LogP contribution in [0, 0.1) is 0 Å². The van der Waals surface area contributed by atoms with Gasteiger partial charge in [-0.05, 0) is 0 Å². The van der Waals surface area contributed by atoms with E-state index in [2.05, 4.69) is 41.5 Å². The van der Waals surface area contributed by atoms with E-state index in [1.54, 1.807) is 0 Å². The molecule has 0 unspecified atom stereocenters. The molecule has 0 aliphatic rings. The summed E-state index contributed by atoms with van der Waals surface area (Å²) < 4.78 is 0. The Balaban J connectivity index is -0.000000216. The molecule has 0 aromatic rings. The molecule has 0 saturated carbocycles. The van der Waals surface area contributed by atoms with Gasteiger partial charge in [-0.1, -0.05) is 324 Å². The second kappa shape index (κ2) is 72.3. The monoisotopic (exact) mass is 887 g/mol. The molecule has 0 atom stereocenters. The van der Waals surface area contributed by atoms with E-state index >= 15 is 0 Å². The number of hydrogen-bond donors (Lipinski definition) is 0. The minimum Gasteiger partial charge on any atom is -0.854 e. The van der Waals surface area contributed by atoms with Crippen molar-refractivity contribution in [2.75, 3.05) is 13.2 Å². The van der Waals surface area contributed by atoms with Crippen molar-refractivity contribution in [2.45, 2.75) is 324 Å². The average Bonchev–Trinajstić information content (AvgIpc) is 3.19. The predicted molar refractivity (Wildman–Crippen MR) is 253 cm³/mol. The predicted octanol–water partition coefficient (Wildman–Crippen LogP) is 17.6. The van der Waals surface area contributed by atoms with Crippen molar-refractivity contribution in [1.82, 2.24) is 0 Å². The van der Waals surface area contributed by atoms with Gasteiger partial charge >= 0.3 is 23.9 Å². The van der Waals surface area contributed by atoms with Crippen molar-refractivity contribution in [1.29, 1.82) is 0 Å². The van der Waals surface area contributed by atoms with Crippen molar-refractivity contribution < 1.29 is 10.2 Å². The Labute approximate surface area is 369 Å². The third-order valence-electron chi connectivity index (χ3n) is 10.9. The Kier molecular flexibility index (Phi) is 85.3. The van der Waals surface area contributed by atoms with Gasteiger partial charge in [0.2, 0.25) is 0 Å². The molecule has 55 heavy (non-hydrogen) atoms. The maximum absolute atomic E-state index is 10.3. The van der Waals surface area contributed by atoms with Crippen LogP contribution in [-0.4, -0.2) is 37.1 Å². The number of unbranched alkanes of at least 4 members (excludes halogenated alkanes) is 40. The van der Waals surface area contributed by atoms with Crippen molar-refractivity contribution in [3.05, 3.63) is 0 Å². The molecular formula is C52H110O2Sn. The van der Waals surface area contributed by atoms with Gasteiger partial charge in [-0.2, -0.15) is 0 Å². The first-order valence-electron chi connectivity index (χ1n) is 25.8. The Hall–Kier alpha value is 0.719. The van der Waals surface area contributed by atoms with Crippen molar-refractivity contribution >= 4 is 23.9 Å². The van der Waals surface area contributed by atoms with E-state index in [1.807, 2.05) is 0 Å². The quantitative estimate of drug-likeness (QED) is 0.0453. The van der Waals surface area contributed by atoms with Crippen LogP contribution in [0.5, 0.6) is 0 Å². The molecule has 0 aromatic carbocycles. The second-order valence-corrected chi connectivity index (χ2v) is 16.8. The van der Waals surface area contributed by atoms with Gasteiger partial charge in [0.25, 0.3) is 0 Å². The van der Waals surface area contributed by atoms with Crippen LogP contribution in [0.2, 0.25) is 0 Å². The fourth-order valence-electron chi connectivity index (χ4n) is 7.01. The molecule has 0 aliphatic carbocycles. The van der Waals surface area contributed by atoms with Crippen LogP contribution in [0.3, 0.4) is 0 Å². The van der Waals surface area contributed by atoms with E-state index < -0.39 is 0 Å². The minimum atomic E-state index is 0. The van der Waals surface area contributed by atoms with E-state index in [4.69, 9.17) is 0 Å². The zero-order valence-corrected chi connectivity index (χ0v) is 42.7. The molecule has 0 heterocycles. The Morgan fingerprint density at radius 1 is 0.164 bits per heavy atom. The molecule has 0 amide bonds. The SMILES string of the molecule is CCCCCCCC.CCCCCCCC.CCCCCCCCCCCCCCCCCC[O-].CCCCCCCCCCCCCCCCCC[O-].[Sn+2]. The summed E-state index contributed by atoms with van der Waals surface area (Å²) in [5, 5.41) is 20.5. The smallest absolute Gasteiger partial charge is 0.854 e. The Bertz CT molecular complexity index is 438. The van der Waals surface area contributed by atoms with Crippen LogP contribution in [0.1, 0.15) is 324 Å². The first-order chi connectivity index (χ1) is 26.7. The van der Waals surface area contributed by atoms with Gasteiger partial charge in [-0.25, -0.2) is 0 Å². The molecule has 0 aromatic heterocycles. The molecule has 2 nitrogen and oxygen atoms in total. The van der Waals surface area contributed by atoms with Gasteiger partial charge in [0.1, 0.15) is 0 Å². The molecule has 0 aliphatic heterocycles. The third-order valence-corrected chi connectivity index (χ3v) is 10.9. The standard InChI is InChI=1S/2C18H37O.2C8H18.Sn/c2*1-2-3-4-5-6-7-8-9-10-11-12-13-14-15-16-17-18-19;2*1-3-5-7-8-6-4-2;/h2*2-18H2,1H3;2*3-8H2,1-2H3;/q2*-1;;;+2. The summed E-state index contributed by atoms with van der Waals surface area (Å²) in [6.45, 7) is 13.8. The van der Waals surface area contributed by atoms with Crippen LogP contribution >= 0.6 is 0 Å². The summed E-state index contributed by atoms with van der Waals surface area (Å²) in [7, 11) is 0. The van der Waals surface area contributed by atoms with Gasteiger partial charge in [-0.3, -0.25) is 0 Å². The van der Waals surface area contributed by atoms with Gasteiger partial charge < -0.3 is 10.2 Å². The van der Waals surface area contributed by atoms with E-state index in [0.29, 0.717) is 0 Å². The van der Waals surface area contributed by atoms with Gasteiger partial charge in [0.15, 0.2) is 0 Å². The topological polar surface area (TPSA) is 46.1 Å². The van der Waals surface area contributed by atoms with Crippen LogP contribution in [-0.2, 0) is 0 Å². The average molecular weight is 886 g/mol. The summed E-state index contributed by atoms with van der Waals surface area (Å²) in [4.78, 5) is 0. The molecule has 0 saturated heterocycles. The summed E-state index contributed by atoms with van der Waals surface area (Å²) >= 11 is 0. The van der Waals surface area contributed by atoms with Crippen molar-refractivity contribution in [2.24, 2.45) is 0 Å². The molecular weight excluding hydrogens is 775 g/mol. The molecule has 2 radical (unpaired) electrons. The van der Waals surface area contributed by atoms with E-state index in [1.165, 1.54) is 257 Å². The van der Waals surface area contributed by atoms with Crippen LogP contribution in [0.4, 0.5) is 0 Å². The zero-order chi connectivity index (χ0) is 40.5. The molecule has 0 rings (SSSR count). The zero-order valence-electron chi connectivity index (χ0n) is 39.8. The first-order valence-corrected chi connectivity index (χ1v) is 25.8. The number of rotatable bonds is 42. The van der Waals surface area contributed by atoms with Crippen molar-refractivity contribution in [3.63, 3.8) is 0 Å². The van der Waals surface area contributed by atoms with Crippen molar-refractivity contribution in [3.8, 4) is 0 Å². The summed E-state index contributed by atoms with van der Waals surface area (Å²) in [5.74, 6) is 0. The summed E-state index contributed by atoms with van der Waals surface area (Å²) in [5.41, 5.74) is 0. The van der Waals surface area contributed by atoms with Crippen LogP contribution in [0.15, 0.2) is 0 Å². The normalized spacial score (nSPS) is 10.5. The van der Waals surface area contributed by atoms with Gasteiger partial charge in [0.05, 0.1) is 0 Å². The fourth-order valence-corrected chi connectivity index (χ4v) is 7.01. The molecule has 0 fully saturated rings. The Morgan fingerprint density at radius 2 is 0.255 bits per heavy atom. The largest absolute Gasteiger partial charge is 2.00 e. The fraction of sp³-hybridized carbons (Fsp3) is 1.00. The minimum absolute atomic E-state index is 0. The maximum Gasteiger partial charge on any atom is 2.00 e. The Morgan fingerprint density at radius 3 is 0.345 bits per heavy atom. The molecule has 0 N–H and O–H groups in total. The van der Waals surface area contributed by atoms with E-state index in [-0.39, 0.29) is 37.1 Å². The van der Waals surface area contributed by atoms with Crippen LogP contribution in [0.25, 0.3) is 0 Å². The first kappa shape index (κ1) is 64.9. The van der Waals surface area contributed by atoms with E-state index in [9.17, 15) is 10.2 Å². The molecule has 334 valence electrons. The summed E-state index contributed by atoms with van der Waals surface area (Å²) in [6.07, 6.45) is 60.6. The summed E-state index contributed by atoms with van der Waals surface area (Å²) in [6, 6.07) is 0. The molecule has 0 spiro atoms. The number of hydrogen-bond acceptors (Lipinski definition) is 2.